The van der Waals surface area contributed by atoms with Crippen LogP contribution in [0.3, 0.4) is 0 Å². The molecule has 0 aromatic carbocycles. The predicted octanol–water partition coefficient (Wildman–Crippen LogP) is -1.82. The summed E-state index contributed by atoms with van der Waals surface area (Å²) in [5.74, 6) is -3.70. The first kappa shape index (κ1) is 17.4. The second-order valence-corrected chi connectivity index (χ2v) is 4.24. The number of carbonyl (C=O) groups excluding carboxylic acids is 3. The van der Waals surface area contributed by atoms with E-state index in [0.29, 0.717) is 0 Å². The van der Waals surface area contributed by atoms with Gasteiger partial charge in [0.15, 0.2) is 0 Å². The van der Waals surface area contributed by atoms with E-state index in [1.807, 2.05) is 0 Å². The van der Waals surface area contributed by atoms with Gasteiger partial charge in [0.05, 0.1) is 5.92 Å². The molecular formula is C11H18N4O5. The number of hydrogen-bond donors (Lipinski definition) is 4. The predicted molar refractivity (Wildman–Crippen MR) is 68.7 cm³/mol. The molecule has 0 spiro atoms. The third-order valence-corrected chi connectivity index (χ3v) is 2.28. The van der Waals surface area contributed by atoms with E-state index in [4.69, 9.17) is 10.8 Å². The van der Waals surface area contributed by atoms with Crippen molar-refractivity contribution >= 4 is 24.2 Å². The number of nitrogens with one attached hydrogen (secondary N) is 2. The number of rotatable bonds is 7. The van der Waals surface area contributed by atoms with E-state index in [-0.39, 0.29) is 24.3 Å². The molecule has 3 amide bonds. The summed E-state index contributed by atoms with van der Waals surface area (Å²) in [6.07, 6.45) is -0.0712. The normalized spacial score (nSPS) is 12.8. The van der Waals surface area contributed by atoms with Gasteiger partial charge in [-0.25, -0.2) is 0 Å². The molecule has 0 aromatic heterocycles. The van der Waals surface area contributed by atoms with Crippen LogP contribution in [-0.2, 0) is 19.2 Å². The van der Waals surface area contributed by atoms with Crippen molar-refractivity contribution in [1.29, 1.82) is 0 Å². The van der Waals surface area contributed by atoms with Crippen molar-refractivity contribution in [1.82, 2.24) is 15.5 Å². The van der Waals surface area contributed by atoms with E-state index >= 15 is 0 Å². The number of amides is 3. The maximum atomic E-state index is 11.8. The first-order chi connectivity index (χ1) is 9.20. The van der Waals surface area contributed by atoms with E-state index in [9.17, 15) is 19.2 Å². The Morgan fingerprint density at radius 2 is 1.90 bits per heavy atom. The van der Waals surface area contributed by atoms with Gasteiger partial charge >= 0.3 is 5.97 Å². The standard InChI is InChI=1S/C11H18N4O5/c1-6(11(19)20)4-7(17)14-8(9(12)13-5-16)10(18)15(2)3/h5-6H,4,12H2,1-3H3,(H,13,16)(H,14,17)(H,19,20)/b9-8+. The zero-order valence-electron chi connectivity index (χ0n) is 11.5. The topological polar surface area (TPSA) is 142 Å². The lowest BCUT2D eigenvalue weighted by atomic mass is 10.1. The number of carboxylic acids is 1. The van der Waals surface area contributed by atoms with E-state index in [1.165, 1.54) is 21.0 Å². The number of nitrogens with two attached hydrogens (primary N) is 1. The van der Waals surface area contributed by atoms with Crippen molar-refractivity contribution in [2.24, 2.45) is 11.7 Å². The highest BCUT2D eigenvalue weighted by Gasteiger charge is 2.21. The minimum atomic E-state index is -1.14. The van der Waals surface area contributed by atoms with Gasteiger partial charge in [0.1, 0.15) is 11.5 Å². The van der Waals surface area contributed by atoms with Crippen LogP contribution < -0.4 is 16.4 Å². The SMILES string of the molecule is CC(CC(=O)N/C(C(=O)N(C)C)=C(\N)NC=O)C(=O)O. The summed E-state index contributed by atoms with van der Waals surface area (Å²) < 4.78 is 0. The first-order valence-corrected chi connectivity index (χ1v) is 5.64. The number of hydrogen-bond acceptors (Lipinski definition) is 5. The van der Waals surface area contributed by atoms with Crippen molar-refractivity contribution < 1.29 is 24.3 Å². The van der Waals surface area contributed by atoms with Gasteiger partial charge in [-0.05, 0) is 0 Å². The molecular weight excluding hydrogens is 268 g/mol. The average Bonchev–Trinajstić information content (AvgIpc) is 2.34. The highest BCUT2D eigenvalue weighted by Crippen LogP contribution is 2.04. The van der Waals surface area contributed by atoms with Gasteiger partial charge in [0.25, 0.3) is 5.91 Å². The van der Waals surface area contributed by atoms with Gasteiger partial charge in [0.2, 0.25) is 12.3 Å². The lowest BCUT2D eigenvalue weighted by Gasteiger charge is -2.17. The summed E-state index contributed by atoms with van der Waals surface area (Å²) in [6, 6.07) is 0. The van der Waals surface area contributed by atoms with Crippen molar-refractivity contribution in [3.63, 3.8) is 0 Å². The van der Waals surface area contributed by atoms with Gasteiger partial charge in [-0.15, -0.1) is 0 Å². The minimum absolute atomic E-state index is 0.254. The molecule has 0 heterocycles. The highest BCUT2D eigenvalue weighted by molar-refractivity contribution is 5.98. The van der Waals surface area contributed by atoms with Gasteiger partial charge in [-0.3, -0.25) is 19.2 Å². The number of carbonyl (C=O) groups is 4. The van der Waals surface area contributed by atoms with Crippen LogP contribution >= 0.6 is 0 Å². The fourth-order valence-corrected chi connectivity index (χ4v) is 1.15. The maximum Gasteiger partial charge on any atom is 0.306 e. The van der Waals surface area contributed by atoms with Crippen LogP contribution in [0.2, 0.25) is 0 Å². The molecule has 1 unspecified atom stereocenters. The Balaban J connectivity index is 5.05. The first-order valence-electron chi connectivity index (χ1n) is 5.64. The van der Waals surface area contributed by atoms with Crippen LogP contribution in [0, 0.1) is 5.92 Å². The highest BCUT2D eigenvalue weighted by atomic mass is 16.4. The molecule has 0 aliphatic rings. The molecule has 1 atom stereocenters. The van der Waals surface area contributed by atoms with E-state index in [1.54, 1.807) is 0 Å². The summed E-state index contributed by atoms with van der Waals surface area (Å²) in [6.45, 7) is 1.35. The van der Waals surface area contributed by atoms with Crippen LogP contribution in [0.1, 0.15) is 13.3 Å². The molecule has 112 valence electrons. The Morgan fingerprint density at radius 3 is 2.30 bits per heavy atom. The zero-order chi connectivity index (χ0) is 15.9. The van der Waals surface area contributed by atoms with Crippen LogP contribution in [0.4, 0.5) is 0 Å². The number of likely N-dealkylation sites (N-methyl/N-ethyl adjacent to an activating group) is 1. The smallest absolute Gasteiger partial charge is 0.306 e. The van der Waals surface area contributed by atoms with E-state index in [0.717, 1.165) is 4.90 Å². The molecule has 9 nitrogen and oxygen atoms in total. The molecule has 20 heavy (non-hydrogen) atoms. The van der Waals surface area contributed by atoms with Crippen LogP contribution in [0.15, 0.2) is 11.5 Å². The molecule has 0 radical (unpaired) electrons. The van der Waals surface area contributed by atoms with Crippen LogP contribution in [0.25, 0.3) is 0 Å². The molecule has 0 fully saturated rings. The van der Waals surface area contributed by atoms with Gasteiger partial charge in [-0.2, -0.15) is 0 Å². The quantitative estimate of drug-likeness (QED) is 0.320. The maximum absolute atomic E-state index is 11.8. The molecule has 0 bridgehead atoms. The fourth-order valence-electron chi connectivity index (χ4n) is 1.15. The van der Waals surface area contributed by atoms with Crippen molar-refractivity contribution in [2.45, 2.75) is 13.3 Å². The van der Waals surface area contributed by atoms with Gasteiger partial charge < -0.3 is 26.4 Å². The summed E-state index contributed by atoms with van der Waals surface area (Å²) in [5.41, 5.74) is 5.15. The van der Waals surface area contributed by atoms with E-state index in [2.05, 4.69) is 10.6 Å². The van der Waals surface area contributed by atoms with Gasteiger partial charge in [-0.1, -0.05) is 6.92 Å². The van der Waals surface area contributed by atoms with Crippen molar-refractivity contribution in [3.05, 3.63) is 11.5 Å². The Bertz CT molecular complexity index is 444. The third-order valence-electron chi connectivity index (χ3n) is 2.28. The van der Waals surface area contributed by atoms with Crippen molar-refractivity contribution in [3.8, 4) is 0 Å². The Hall–Kier alpha value is -2.58. The molecule has 0 aromatic rings. The molecule has 5 N–H and O–H groups in total. The van der Waals surface area contributed by atoms with Crippen molar-refractivity contribution in [2.75, 3.05) is 14.1 Å². The van der Waals surface area contributed by atoms with Crippen LogP contribution in [-0.4, -0.2) is 48.3 Å². The molecule has 0 aliphatic carbocycles. The summed E-state index contributed by atoms with van der Waals surface area (Å²) >= 11 is 0. The van der Waals surface area contributed by atoms with Crippen LogP contribution in [0.5, 0.6) is 0 Å². The summed E-state index contributed by atoms with van der Waals surface area (Å²) in [7, 11) is 2.87. The summed E-state index contributed by atoms with van der Waals surface area (Å²) in [4.78, 5) is 45.6. The zero-order valence-corrected chi connectivity index (χ0v) is 11.5. The number of aliphatic carboxylic acids is 1. The van der Waals surface area contributed by atoms with Gasteiger partial charge in [0, 0.05) is 20.5 Å². The molecule has 9 heteroatoms. The Labute approximate surface area is 115 Å². The number of carboxylic acid groups (broad SMARTS) is 1. The molecule has 0 saturated heterocycles. The second-order valence-electron chi connectivity index (χ2n) is 4.24. The lowest BCUT2D eigenvalue weighted by molar-refractivity contribution is -0.143. The number of nitrogens with zero attached hydrogens (tertiary/aromatic N) is 1. The largest absolute Gasteiger partial charge is 0.481 e. The fraction of sp³-hybridized carbons (Fsp3) is 0.455. The van der Waals surface area contributed by atoms with E-state index < -0.39 is 23.7 Å². The average molecular weight is 286 g/mol. The molecule has 0 aliphatic heterocycles. The lowest BCUT2D eigenvalue weighted by Crippen LogP contribution is -2.40. The Morgan fingerprint density at radius 1 is 1.35 bits per heavy atom. The molecule has 0 rings (SSSR count). The third kappa shape index (κ3) is 5.38. The minimum Gasteiger partial charge on any atom is -0.481 e. The second kappa shape index (κ2) is 7.77. The monoisotopic (exact) mass is 286 g/mol. The Kier molecular flexibility index (Phi) is 6.77. The molecule has 0 saturated carbocycles. The summed E-state index contributed by atoms with van der Waals surface area (Å²) in [5, 5.41) is 13.0.